The summed E-state index contributed by atoms with van der Waals surface area (Å²) < 4.78 is 6.91. The fourth-order valence-corrected chi connectivity index (χ4v) is 2.65. The molecule has 0 unspecified atom stereocenters. The second-order valence-electron chi connectivity index (χ2n) is 4.79. The molecule has 0 heterocycles. The fourth-order valence-electron chi connectivity index (χ4n) is 2.10. The Morgan fingerprint density at radius 1 is 1.00 bits per heavy atom. The van der Waals surface area contributed by atoms with Gasteiger partial charge >= 0.3 is 0 Å². The predicted octanol–water partition coefficient (Wildman–Crippen LogP) is 4.70. The summed E-state index contributed by atoms with van der Waals surface area (Å²) in [6, 6.07) is 14.3. The van der Waals surface area contributed by atoms with Crippen molar-refractivity contribution >= 4 is 15.9 Å². The van der Waals surface area contributed by atoms with Gasteiger partial charge in [0.2, 0.25) is 0 Å². The van der Waals surface area contributed by atoms with Crippen LogP contribution in [-0.2, 0) is 12.8 Å². The maximum Gasteiger partial charge on any atom is 0.128 e. The number of rotatable bonds is 6. The number of aryl methyl sites for hydroxylation is 1. The molecule has 0 fully saturated rings. The number of ether oxygens (including phenoxy) is 1. The minimum absolute atomic E-state index is 0.650. The maximum absolute atomic E-state index is 5.86. The summed E-state index contributed by atoms with van der Waals surface area (Å²) in [7, 11) is 0. The molecule has 0 aliphatic carbocycles. The summed E-state index contributed by atoms with van der Waals surface area (Å²) in [5, 5.41) is 0. The Bertz CT molecular complexity index is 551. The smallest absolute Gasteiger partial charge is 0.128 e. The molecule has 2 aromatic rings. The summed E-state index contributed by atoms with van der Waals surface area (Å²) >= 11 is 3.56. The largest absolute Gasteiger partial charge is 0.457 e. The van der Waals surface area contributed by atoms with E-state index in [9.17, 15) is 0 Å². The van der Waals surface area contributed by atoms with Crippen LogP contribution in [0.5, 0.6) is 11.5 Å². The van der Waals surface area contributed by atoms with Gasteiger partial charge in [0.05, 0.1) is 0 Å². The highest BCUT2D eigenvalue weighted by molar-refractivity contribution is 9.10. The first-order valence-corrected chi connectivity index (χ1v) is 7.77. The van der Waals surface area contributed by atoms with Crippen LogP contribution in [0.3, 0.4) is 0 Å². The molecule has 0 saturated carbocycles. The van der Waals surface area contributed by atoms with E-state index in [1.54, 1.807) is 0 Å². The summed E-state index contributed by atoms with van der Waals surface area (Å²) in [6.45, 7) is 2.84. The molecule has 0 amide bonds. The molecular formula is C17H20BrNO. The van der Waals surface area contributed by atoms with E-state index in [0.29, 0.717) is 6.54 Å². The van der Waals surface area contributed by atoms with E-state index in [0.717, 1.165) is 35.2 Å². The Morgan fingerprint density at radius 2 is 1.70 bits per heavy atom. The molecule has 0 aromatic heterocycles. The summed E-state index contributed by atoms with van der Waals surface area (Å²) in [5.74, 6) is 1.70. The number of hydrogen-bond acceptors (Lipinski definition) is 2. The SMILES string of the molecule is CCCc1ccc(Oc2ccc(CCN)c(Br)c2)cc1. The van der Waals surface area contributed by atoms with E-state index in [1.807, 2.05) is 24.3 Å². The van der Waals surface area contributed by atoms with Crippen molar-refractivity contribution in [1.29, 1.82) is 0 Å². The number of benzene rings is 2. The van der Waals surface area contributed by atoms with Crippen molar-refractivity contribution in [2.24, 2.45) is 5.73 Å². The molecule has 0 spiro atoms. The standard InChI is InChI=1S/C17H20BrNO/c1-2-3-13-4-7-15(8-5-13)20-16-9-6-14(10-11-19)17(18)12-16/h4-9,12H,2-3,10-11,19H2,1H3. The van der Waals surface area contributed by atoms with E-state index < -0.39 is 0 Å². The first kappa shape index (κ1) is 15.1. The van der Waals surface area contributed by atoms with Gasteiger partial charge in [-0.3, -0.25) is 0 Å². The first-order chi connectivity index (χ1) is 9.72. The number of hydrogen-bond donors (Lipinski definition) is 1. The molecule has 20 heavy (non-hydrogen) atoms. The molecule has 2 rings (SSSR count). The van der Waals surface area contributed by atoms with Gasteiger partial charge in [-0.15, -0.1) is 0 Å². The lowest BCUT2D eigenvalue weighted by atomic mass is 10.1. The third kappa shape index (κ3) is 4.09. The van der Waals surface area contributed by atoms with Crippen molar-refractivity contribution < 1.29 is 4.74 Å². The molecule has 0 saturated heterocycles. The van der Waals surface area contributed by atoms with Gasteiger partial charge in [0.15, 0.2) is 0 Å². The van der Waals surface area contributed by atoms with Crippen molar-refractivity contribution in [2.45, 2.75) is 26.2 Å². The van der Waals surface area contributed by atoms with Crippen molar-refractivity contribution in [3.63, 3.8) is 0 Å². The minimum Gasteiger partial charge on any atom is -0.457 e. The highest BCUT2D eigenvalue weighted by atomic mass is 79.9. The third-order valence-electron chi connectivity index (χ3n) is 3.14. The Hall–Kier alpha value is -1.32. The molecule has 0 bridgehead atoms. The minimum atomic E-state index is 0.650. The zero-order valence-corrected chi connectivity index (χ0v) is 13.3. The first-order valence-electron chi connectivity index (χ1n) is 6.98. The number of halogens is 1. The monoisotopic (exact) mass is 333 g/mol. The molecule has 0 atom stereocenters. The van der Waals surface area contributed by atoms with Crippen molar-refractivity contribution in [1.82, 2.24) is 0 Å². The van der Waals surface area contributed by atoms with E-state index in [4.69, 9.17) is 10.5 Å². The van der Waals surface area contributed by atoms with E-state index >= 15 is 0 Å². The van der Waals surface area contributed by atoms with E-state index in [1.165, 1.54) is 11.1 Å². The second-order valence-corrected chi connectivity index (χ2v) is 5.64. The van der Waals surface area contributed by atoms with Crippen LogP contribution >= 0.6 is 15.9 Å². The molecule has 0 aliphatic heterocycles. The van der Waals surface area contributed by atoms with Gasteiger partial charge in [0, 0.05) is 4.47 Å². The average molecular weight is 334 g/mol. The molecule has 2 aromatic carbocycles. The van der Waals surface area contributed by atoms with Gasteiger partial charge < -0.3 is 10.5 Å². The molecule has 0 aliphatic rings. The average Bonchev–Trinajstić information content (AvgIpc) is 2.44. The van der Waals surface area contributed by atoms with Crippen LogP contribution in [0.25, 0.3) is 0 Å². The highest BCUT2D eigenvalue weighted by Crippen LogP contribution is 2.27. The zero-order chi connectivity index (χ0) is 14.4. The topological polar surface area (TPSA) is 35.2 Å². The third-order valence-corrected chi connectivity index (χ3v) is 3.87. The van der Waals surface area contributed by atoms with Crippen molar-refractivity contribution in [3.05, 3.63) is 58.1 Å². The summed E-state index contributed by atoms with van der Waals surface area (Å²) in [4.78, 5) is 0. The lowest BCUT2D eigenvalue weighted by molar-refractivity contribution is 0.482. The summed E-state index contributed by atoms with van der Waals surface area (Å²) in [6.07, 6.45) is 3.14. The molecule has 2 N–H and O–H groups in total. The summed E-state index contributed by atoms with van der Waals surface area (Å²) in [5.41, 5.74) is 8.13. The van der Waals surface area contributed by atoms with Gasteiger partial charge in [-0.25, -0.2) is 0 Å². The van der Waals surface area contributed by atoms with Crippen LogP contribution < -0.4 is 10.5 Å². The molecule has 2 nitrogen and oxygen atoms in total. The van der Waals surface area contributed by atoms with Crippen LogP contribution in [0.4, 0.5) is 0 Å². The number of nitrogens with two attached hydrogens (primary N) is 1. The van der Waals surface area contributed by atoms with Gasteiger partial charge in [0.1, 0.15) is 11.5 Å². The highest BCUT2D eigenvalue weighted by Gasteiger charge is 2.03. The Balaban J connectivity index is 2.07. The van der Waals surface area contributed by atoms with Crippen LogP contribution in [-0.4, -0.2) is 6.54 Å². The van der Waals surface area contributed by atoms with Crippen LogP contribution in [0, 0.1) is 0 Å². The Kier molecular flexibility index (Phi) is 5.62. The fraction of sp³-hybridized carbons (Fsp3) is 0.294. The second kappa shape index (κ2) is 7.46. The van der Waals surface area contributed by atoms with Gasteiger partial charge in [-0.1, -0.05) is 47.5 Å². The quantitative estimate of drug-likeness (QED) is 0.831. The molecule has 0 radical (unpaired) electrons. The maximum atomic E-state index is 5.86. The molecular weight excluding hydrogens is 314 g/mol. The molecule has 3 heteroatoms. The van der Waals surface area contributed by atoms with Gasteiger partial charge in [-0.05, 0) is 54.8 Å². The van der Waals surface area contributed by atoms with Crippen LogP contribution in [0.1, 0.15) is 24.5 Å². The van der Waals surface area contributed by atoms with Gasteiger partial charge in [0.25, 0.3) is 0 Å². The van der Waals surface area contributed by atoms with Crippen LogP contribution in [0.15, 0.2) is 46.9 Å². The van der Waals surface area contributed by atoms with Crippen LogP contribution in [0.2, 0.25) is 0 Å². The lowest BCUT2D eigenvalue weighted by Gasteiger charge is -2.09. The normalized spacial score (nSPS) is 10.6. The lowest BCUT2D eigenvalue weighted by Crippen LogP contribution is -2.03. The van der Waals surface area contributed by atoms with E-state index in [2.05, 4.69) is 41.1 Å². The van der Waals surface area contributed by atoms with Gasteiger partial charge in [-0.2, -0.15) is 0 Å². The van der Waals surface area contributed by atoms with Crippen molar-refractivity contribution in [3.8, 4) is 11.5 Å². The Labute approximate surface area is 129 Å². The molecule has 106 valence electrons. The van der Waals surface area contributed by atoms with E-state index in [-0.39, 0.29) is 0 Å². The van der Waals surface area contributed by atoms with Crippen molar-refractivity contribution in [2.75, 3.05) is 6.54 Å². The predicted molar refractivity (Wildman–Crippen MR) is 87.4 cm³/mol. The zero-order valence-electron chi connectivity index (χ0n) is 11.7. The Morgan fingerprint density at radius 3 is 2.30 bits per heavy atom.